The third kappa shape index (κ3) is 7.56. The van der Waals surface area contributed by atoms with Crippen molar-refractivity contribution >= 4 is 75.2 Å². The number of aromatic nitrogens is 2. The van der Waals surface area contributed by atoms with Gasteiger partial charge in [0.05, 0.1) is 22.9 Å². The van der Waals surface area contributed by atoms with E-state index in [2.05, 4.69) is 227 Å². The SMILES string of the molecule is CCc1cc(C)c(-c2cc(C3=CC(c4ccccc4)=CCC3)cc3c2sc2c(-c4cccc(-c5cnc6c7ccccc7c7ccccc7c6n5)c4)cc(-c4cccc(-c5ccccc5)c4)cc23)c(C)c1. The first-order chi connectivity index (χ1) is 35.0. The van der Waals surface area contributed by atoms with E-state index in [4.69, 9.17) is 9.97 Å². The largest absolute Gasteiger partial charge is 0.252 e. The molecular weight excluding hydrogens is 877 g/mol. The highest BCUT2D eigenvalue weighted by Crippen LogP contribution is 2.49. The second-order valence-corrected chi connectivity index (χ2v) is 20.2. The predicted octanol–water partition coefficient (Wildman–Crippen LogP) is 19.1. The molecule has 1 aliphatic carbocycles. The van der Waals surface area contributed by atoms with Gasteiger partial charge in [0.25, 0.3) is 0 Å². The van der Waals surface area contributed by atoms with Crippen LogP contribution in [-0.2, 0) is 6.42 Å². The first-order valence-electron chi connectivity index (χ1n) is 24.9. The Morgan fingerprint density at radius 2 is 1.00 bits per heavy atom. The Morgan fingerprint density at radius 1 is 0.451 bits per heavy atom. The van der Waals surface area contributed by atoms with Crippen LogP contribution in [0.15, 0.2) is 212 Å². The van der Waals surface area contributed by atoms with Gasteiger partial charge < -0.3 is 0 Å². The molecule has 0 radical (unpaired) electrons. The highest BCUT2D eigenvalue weighted by Gasteiger charge is 2.22. The van der Waals surface area contributed by atoms with E-state index in [0.717, 1.165) is 57.9 Å². The summed E-state index contributed by atoms with van der Waals surface area (Å²) in [5, 5.41) is 7.20. The van der Waals surface area contributed by atoms with E-state index in [1.165, 1.54) is 109 Å². The lowest BCUT2D eigenvalue weighted by atomic mass is 9.86. The number of benzene rings is 10. The normalized spacial score (nSPS) is 12.8. The van der Waals surface area contributed by atoms with E-state index in [9.17, 15) is 0 Å². The number of fused-ring (bicyclic) bond motifs is 9. The Kier molecular flexibility index (Phi) is 10.6. The highest BCUT2D eigenvalue weighted by molar-refractivity contribution is 7.27. The number of aryl methyl sites for hydroxylation is 3. The fourth-order valence-corrected chi connectivity index (χ4v) is 12.6. The summed E-state index contributed by atoms with van der Waals surface area (Å²) in [6.45, 7) is 6.87. The summed E-state index contributed by atoms with van der Waals surface area (Å²) < 4.78 is 2.60. The molecule has 12 aromatic rings. The van der Waals surface area contributed by atoms with E-state index in [1.54, 1.807) is 0 Å². The molecule has 1 aliphatic rings. The van der Waals surface area contributed by atoms with Crippen LogP contribution in [0.25, 0.3) is 120 Å². The minimum atomic E-state index is 0.858. The van der Waals surface area contributed by atoms with Gasteiger partial charge in [-0.1, -0.05) is 177 Å². The minimum Gasteiger partial charge on any atom is -0.252 e. The van der Waals surface area contributed by atoms with Crippen LogP contribution in [0.3, 0.4) is 0 Å². The molecule has 0 amide bonds. The summed E-state index contributed by atoms with van der Waals surface area (Å²) in [6, 6.07) is 71.5. The van der Waals surface area contributed by atoms with Gasteiger partial charge in [-0.15, -0.1) is 11.3 Å². The van der Waals surface area contributed by atoms with Crippen LogP contribution in [0.1, 0.15) is 47.6 Å². The van der Waals surface area contributed by atoms with Gasteiger partial charge >= 0.3 is 0 Å². The molecule has 3 heteroatoms. The Hall–Kier alpha value is -8.24. The van der Waals surface area contributed by atoms with Gasteiger partial charge in [0.1, 0.15) is 0 Å². The smallest absolute Gasteiger partial charge is 0.0979 e. The molecule has 2 heterocycles. The van der Waals surface area contributed by atoms with Crippen LogP contribution < -0.4 is 0 Å². The molecule has 0 saturated carbocycles. The summed E-state index contributed by atoms with van der Waals surface area (Å²) in [7, 11) is 0. The third-order valence-electron chi connectivity index (χ3n) is 14.7. The van der Waals surface area contributed by atoms with Crippen molar-refractivity contribution in [1.29, 1.82) is 0 Å². The van der Waals surface area contributed by atoms with Crippen molar-refractivity contribution in [1.82, 2.24) is 9.97 Å². The van der Waals surface area contributed by atoms with Crippen LogP contribution in [0.4, 0.5) is 0 Å². The second kappa shape index (κ2) is 17.6. The molecule has 2 aromatic heterocycles. The Balaban J connectivity index is 1.06. The van der Waals surface area contributed by atoms with Crippen molar-refractivity contribution in [3.8, 4) is 55.8 Å². The van der Waals surface area contributed by atoms with E-state index in [0.29, 0.717) is 0 Å². The third-order valence-corrected chi connectivity index (χ3v) is 16.0. The number of rotatable bonds is 8. The molecule has 13 rings (SSSR count). The van der Waals surface area contributed by atoms with Crippen LogP contribution >= 0.6 is 11.3 Å². The van der Waals surface area contributed by atoms with Crippen LogP contribution in [0, 0.1) is 13.8 Å². The topological polar surface area (TPSA) is 25.8 Å². The average molecular weight is 927 g/mol. The van der Waals surface area contributed by atoms with Crippen molar-refractivity contribution in [3.63, 3.8) is 0 Å². The molecule has 338 valence electrons. The van der Waals surface area contributed by atoms with Crippen molar-refractivity contribution < 1.29 is 0 Å². The lowest BCUT2D eigenvalue weighted by Gasteiger charge is -2.18. The van der Waals surface area contributed by atoms with E-state index < -0.39 is 0 Å². The monoisotopic (exact) mass is 926 g/mol. The lowest BCUT2D eigenvalue weighted by Crippen LogP contribution is -1.96. The molecule has 2 nitrogen and oxygen atoms in total. The summed E-state index contributed by atoms with van der Waals surface area (Å²) >= 11 is 1.94. The molecule has 10 aromatic carbocycles. The Bertz CT molecular complexity index is 4100. The summed E-state index contributed by atoms with van der Waals surface area (Å²) in [4.78, 5) is 10.6. The fraction of sp³-hybridized carbons (Fsp3) is 0.0882. The molecule has 0 bridgehead atoms. The van der Waals surface area contributed by atoms with Crippen molar-refractivity contribution in [3.05, 3.63) is 240 Å². The van der Waals surface area contributed by atoms with Gasteiger partial charge in [-0.25, -0.2) is 4.98 Å². The van der Waals surface area contributed by atoms with Crippen LogP contribution in [0.2, 0.25) is 0 Å². The predicted molar refractivity (Wildman–Crippen MR) is 305 cm³/mol. The first kappa shape index (κ1) is 42.8. The van der Waals surface area contributed by atoms with Crippen molar-refractivity contribution in [2.24, 2.45) is 0 Å². The summed E-state index contributed by atoms with van der Waals surface area (Å²) in [6.07, 6.45) is 9.82. The maximum absolute atomic E-state index is 5.44. The lowest BCUT2D eigenvalue weighted by molar-refractivity contribution is 1.06. The van der Waals surface area contributed by atoms with Gasteiger partial charge in [0, 0.05) is 47.6 Å². The molecule has 0 atom stereocenters. The van der Waals surface area contributed by atoms with Crippen molar-refractivity contribution in [2.45, 2.75) is 40.0 Å². The molecule has 0 spiro atoms. The number of allylic oxidation sites excluding steroid dienone is 4. The zero-order valence-electron chi connectivity index (χ0n) is 40.1. The van der Waals surface area contributed by atoms with Gasteiger partial charge in [-0.3, -0.25) is 4.98 Å². The van der Waals surface area contributed by atoms with E-state index in [1.807, 2.05) is 17.5 Å². The Morgan fingerprint density at radius 3 is 1.70 bits per heavy atom. The molecular formula is C68H50N2S. The number of hydrogen-bond acceptors (Lipinski definition) is 3. The number of hydrogen-bond donors (Lipinski definition) is 0. The van der Waals surface area contributed by atoms with Gasteiger partial charge in [-0.2, -0.15) is 0 Å². The van der Waals surface area contributed by atoms with Crippen LogP contribution in [-0.4, -0.2) is 9.97 Å². The standard InChI is InChI=1S/C68H50N2S/c1-4-44-32-42(2)64(43(3)33-44)62-40-54(50-25-16-23-48(35-50)46-20-9-6-10-21-46)39-61-60-38-53(49-24-15-22-47(34-49)45-18-7-5-8-19-45)37-59(67(60)71-68(61)62)51-26-17-27-52(36-51)63-41-69-65-57-30-13-11-28-55(57)56-29-12-14-31-58(56)66(65)70-63/h5-15,17-24,26-41H,4,16,25H2,1-3H3. The molecule has 0 saturated heterocycles. The van der Waals surface area contributed by atoms with E-state index in [-0.39, 0.29) is 0 Å². The molecule has 71 heavy (non-hydrogen) atoms. The quantitative estimate of drug-likeness (QED) is 0.142. The second-order valence-electron chi connectivity index (χ2n) is 19.2. The maximum atomic E-state index is 5.44. The number of nitrogens with zero attached hydrogens (tertiary/aromatic N) is 2. The van der Waals surface area contributed by atoms with E-state index >= 15 is 0 Å². The Labute approximate surface area is 419 Å². The first-order valence-corrected chi connectivity index (χ1v) is 25.7. The minimum absolute atomic E-state index is 0.858. The van der Waals surface area contributed by atoms with Crippen LogP contribution in [0.5, 0.6) is 0 Å². The molecule has 0 aliphatic heterocycles. The fourth-order valence-electron chi connectivity index (χ4n) is 11.3. The highest BCUT2D eigenvalue weighted by atomic mass is 32.1. The maximum Gasteiger partial charge on any atom is 0.0979 e. The van der Waals surface area contributed by atoms with Gasteiger partial charge in [0.2, 0.25) is 0 Å². The van der Waals surface area contributed by atoms with Gasteiger partial charge in [-0.05, 0) is 153 Å². The van der Waals surface area contributed by atoms with Crippen molar-refractivity contribution in [2.75, 3.05) is 0 Å². The molecule has 0 N–H and O–H groups in total. The van der Waals surface area contributed by atoms with Gasteiger partial charge in [0.15, 0.2) is 0 Å². The zero-order chi connectivity index (χ0) is 47.6. The number of thiophene rings is 1. The molecule has 0 fully saturated rings. The summed E-state index contributed by atoms with van der Waals surface area (Å²) in [5.41, 5.74) is 22.8. The summed E-state index contributed by atoms with van der Waals surface area (Å²) in [5.74, 6) is 0. The zero-order valence-corrected chi connectivity index (χ0v) is 40.9. The average Bonchev–Trinajstić information content (AvgIpc) is 3.82. The molecule has 0 unspecified atom stereocenters.